The zero-order chi connectivity index (χ0) is 8.23. The summed E-state index contributed by atoms with van der Waals surface area (Å²) in [5, 5.41) is 3.27. The Morgan fingerprint density at radius 2 is 2.17 bits per heavy atom. The van der Waals surface area contributed by atoms with Crippen LogP contribution in [-0.2, 0) is 0 Å². The summed E-state index contributed by atoms with van der Waals surface area (Å²) in [5.74, 6) is 1.02. The number of nitrogens with zero attached hydrogens (tertiary/aromatic N) is 1. The van der Waals surface area contributed by atoms with Crippen molar-refractivity contribution in [2.75, 3.05) is 13.1 Å². The van der Waals surface area contributed by atoms with Crippen LogP contribution < -0.4 is 5.32 Å². The Labute approximate surface area is 72.3 Å². The molecule has 0 fully saturated rings. The van der Waals surface area contributed by atoms with Crippen molar-refractivity contribution in [2.45, 2.75) is 6.42 Å². The first-order valence-corrected chi connectivity index (χ1v) is 4.21. The molecule has 1 N–H and O–H groups in total. The fourth-order valence-electron chi connectivity index (χ4n) is 1.27. The molecule has 0 atom stereocenters. The first-order chi connectivity index (χ1) is 5.97. The van der Waals surface area contributed by atoms with Gasteiger partial charge < -0.3 is 5.32 Å². The standard InChI is InChI=1S/C10H11N2/c1-2-5-9(6-3-1)10-11-7-4-8-12-10/h2-3,5-6H,4,7-8H2,(H,11,12). The molecule has 0 saturated heterocycles. The minimum atomic E-state index is 0.945. The molecule has 0 saturated carbocycles. The number of aliphatic imine (C=N–C) groups is 1. The van der Waals surface area contributed by atoms with Gasteiger partial charge in [0, 0.05) is 18.7 Å². The highest BCUT2D eigenvalue weighted by Gasteiger charge is 2.04. The van der Waals surface area contributed by atoms with E-state index in [9.17, 15) is 0 Å². The van der Waals surface area contributed by atoms with Crippen LogP contribution in [0, 0.1) is 6.07 Å². The molecule has 61 valence electrons. The van der Waals surface area contributed by atoms with Crippen LogP contribution in [0.4, 0.5) is 0 Å². The quantitative estimate of drug-likeness (QED) is 0.654. The third-order valence-corrected chi connectivity index (χ3v) is 1.89. The third-order valence-electron chi connectivity index (χ3n) is 1.89. The summed E-state index contributed by atoms with van der Waals surface area (Å²) in [5.41, 5.74) is 1.16. The van der Waals surface area contributed by atoms with Gasteiger partial charge in [-0.25, -0.2) is 0 Å². The molecule has 2 rings (SSSR count). The summed E-state index contributed by atoms with van der Waals surface area (Å²) in [6.07, 6.45) is 1.14. The highest BCUT2D eigenvalue weighted by Crippen LogP contribution is 2.01. The molecular weight excluding hydrogens is 148 g/mol. The first-order valence-electron chi connectivity index (χ1n) is 4.21. The zero-order valence-electron chi connectivity index (χ0n) is 6.88. The average Bonchev–Trinajstić information content (AvgIpc) is 2.21. The molecule has 1 aromatic carbocycles. The van der Waals surface area contributed by atoms with E-state index >= 15 is 0 Å². The lowest BCUT2D eigenvalue weighted by Crippen LogP contribution is -2.29. The topological polar surface area (TPSA) is 24.4 Å². The minimum Gasteiger partial charge on any atom is -0.370 e. The van der Waals surface area contributed by atoms with Gasteiger partial charge in [-0.05, 0) is 12.5 Å². The maximum atomic E-state index is 4.39. The number of amidine groups is 1. The molecule has 0 aromatic heterocycles. The molecule has 0 bridgehead atoms. The normalized spacial score (nSPS) is 16.5. The van der Waals surface area contributed by atoms with E-state index in [2.05, 4.69) is 16.4 Å². The second-order valence-corrected chi connectivity index (χ2v) is 2.80. The van der Waals surface area contributed by atoms with Gasteiger partial charge in [0.25, 0.3) is 0 Å². The van der Waals surface area contributed by atoms with Crippen molar-refractivity contribution >= 4 is 5.84 Å². The Morgan fingerprint density at radius 3 is 2.83 bits per heavy atom. The summed E-state index contributed by atoms with van der Waals surface area (Å²) < 4.78 is 0. The molecule has 1 heterocycles. The molecule has 2 heteroatoms. The molecule has 0 spiro atoms. The molecule has 1 aromatic rings. The van der Waals surface area contributed by atoms with Gasteiger partial charge in [0.2, 0.25) is 0 Å². The highest BCUT2D eigenvalue weighted by molar-refractivity contribution is 5.98. The van der Waals surface area contributed by atoms with Crippen molar-refractivity contribution < 1.29 is 0 Å². The van der Waals surface area contributed by atoms with Gasteiger partial charge in [-0.2, -0.15) is 0 Å². The van der Waals surface area contributed by atoms with Crippen molar-refractivity contribution in [1.82, 2.24) is 5.32 Å². The van der Waals surface area contributed by atoms with Crippen LogP contribution in [0.1, 0.15) is 12.0 Å². The summed E-state index contributed by atoms with van der Waals surface area (Å²) in [7, 11) is 0. The molecule has 0 aliphatic carbocycles. The zero-order valence-corrected chi connectivity index (χ0v) is 6.88. The third kappa shape index (κ3) is 1.47. The van der Waals surface area contributed by atoms with Crippen molar-refractivity contribution in [3.63, 3.8) is 0 Å². The van der Waals surface area contributed by atoms with Gasteiger partial charge in [0.1, 0.15) is 5.84 Å². The van der Waals surface area contributed by atoms with Crippen LogP contribution >= 0.6 is 0 Å². The van der Waals surface area contributed by atoms with Gasteiger partial charge in [-0.3, -0.25) is 4.99 Å². The molecule has 0 amide bonds. The lowest BCUT2D eigenvalue weighted by molar-refractivity contribution is 0.742. The predicted molar refractivity (Wildman–Crippen MR) is 49.3 cm³/mol. The van der Waals surface area contributed by atoms with Crippen LogP contribution in [0.5, 0.6) is 0 Å². The molecule has 1 aliphatic heterocycles. The fraction of sp³-hybridized carbons (Fsp3) is 0.300. The average molecular weight is 159 g/mol. The fourth-order valence-corrected chi connectivity index (χ4v) is 1.27. The Balaban J connectivity index is 2.24. The Kier molecular flexibility index (Phi) is 2.08. The van der Waals surface area contributed by atoms with E-state index in [0.717, 1.165) is 30.9 Å². The molecule has 12 heavy (non-hydrogen) atoms. The van der Waals surface area contributed by atoms with E-state index < -0.39 is 0 Å². The van der Waals surface area contributed by atoms with Gasteiger partial charge in [-0.15, -0.1) is 0 Å². The predicted octanol–water partition coefficient (Wildman–Crippen LogP) is 1.23. The van der Waals surface area contributed by atoms with Crippen molar-refractivity contribution in [1.29, 1.82) is 0 Å². The number of hydrogen-bond acceptors (Lipinski definition) is 2. The van der Waals surface area contributed by atoms with Crippen LogP contribution in [0.3, 0.4) is 0 Å². The van der Waals surface area contributed by atoms with E-state index in [-0.39, 0.29) is 0 Å². The van der Waals surface area contributed by atoms with Crippen molar-refractivity contribution in [3.8, 4) is 0 Å². The van der Waals surface area contributed by atoms with E-state index in [1.807, 2.05) is 24.3 Å². The van der Waals surface area contributed by atoms with Gasteiger partial charge in [0.05, 0.1) is 0 Å². The first kappa shape index (κ1) is 7.35. The Hall–Kier alpha value is -1.31. The van der Waals surface area contributed by atoms with Crippen LogP contribution in [0.15, 0.2) is 29.3 Å². The summed E-state index contributed by atoms with van der Waals surface area (Å²) in [4.78, 5) is 4.39. The molecule has 0 unspecified atom stereocenters. The van der Waals surface area contributed by atoms with E-state index in [4.69, 9.17) is 0 Å². The summed E-state index contributed by atoms with van der Waals surface area (Å²) in [6, 6.07) is 10.9. The van der Waals surface area contributed by atoms with Gasteiger partial charge in [-0.1, -0.05) is 24.3 Å². The van der Waals surface area contributed by atoms with Crippen LogP contribution in [-0.4, -0.2) is 18.9 Å². The van der Waals surface area contributed by atoms with E-state index in [1.165, 1.54) is 0 Å². The maximum Gasteiger partial charge on any atom is 0.128 e. The molecule has 1 radical (unpaired) electrons. The second-order valence-electron chi connectivity index (χ2n) is 2.80. The maximum absolute atomic E-state index is 4.39. The van der Waals surface area contributed by atoms with Crippen LogP contribution in [0.2, 0.25) is 0 Å². The number of benzene rings is 1. The van der Waals surface area contributed by atoms with Gasteiger partial charge in [0.15, 0.2) is 0 Å². The summed E-state index contributed by atoms with van der Waals surface area (Å²) >= 11 is 0. The SMILES string of the molecule is [c]1ccc(C2=NCCCN2)cc1. The second kappa shape index (κ2) is 3.39. The van der Waals surface area contributed by atoms with Crippen molar-refractivity contribution in [3.05, 3.63) is 35.9 Å². The Morgan fingerprint density at radius 1 is 1.33 bits per heavy atom. The molecular formula is C10H11N2. The van der Waals surface area contributed by atoms with Gasteiger partial charge >= 0.3 is 0 Å². The Bertz CT molecular complexity index is 277. The van der Waals surface area contributed by atoms with E-state index in [1.54, 1.807) is 0 Å². The lowest BCUT2D eigenvalue weighted by atomic mass is 10.2. The van der Waals surface area contributed by atoms with E-state index in [0.29, 0.717) is 0 Å². The smallest absolute Gasteiger partial charge is 0.128 e. The molecule has 2 nitrogen and oxygen atoms in total. The number of hydrogen-bond donors (Lipinski definition) is 1. The highest BCUT2D eigenvalue weighted by atomic mass is 15.0. The number of nitrogens with one attached hydrogen (secondary N) is 1. The van der Waals surface area contributed by atoms with Crippen molar-refractivity contribution in [2.24, 2.45) is 4.99 Å². The minimum absolute atomic E-state index is 0.945. The summed E-state index contributed by atoms with van der Waals surface area (Å²) in [6.45, 7) is 1.98. The lowest BCUT2D eigenvalue weighted by Gasteiger charge is -2.13. The monoisotopic (exact) mass is 159 g/mol. The molecule has 1 aliphatic rings. The largest absolute Gasteiger partial charge is 0.370 e. The number of rotatable bonds is 1. The van der Waals surface area contributed by atoms with Crippen LogP contribution in [0.25, 0.3) is 0 Å².